The summed E-state index contributed by atoms with van der Waals surface area (Å²) in [6, 6.07) is 15.1. The zero-order valence-electron chi connectivity index (χ0n) is 16.0. The Balaban J connectivity index is 1.52. The van der Waals surface area contributed by atoms with Gasteiger partial charge in [0.1, 0.15) is 5.82 Å². The maximum Gasteiger partial charge on any atom is 0.220 e. The highest BCUT2D eigenvalue weighted by Crippen LogP contribution is 2.24. The Morgan fingerprint density at radius 1 is 1.11 bits per heavy atom. The molecule has 0 unspecified atom stereocenters. The minimum absolute atomic E-state index is 0.0285. The van der Waals surface area contributed by atoms with Gasteiger partial charge in [0, 0.05) is 26.1 Å². The lowest BCUT2D eigenvalue weighted by Crippen LogP contribution is -2.45. The second-order valence-electron chi connectivity index (χ2n) is 7.21. The van der Waals surface area contributed by atoms with Crippen molar-refractivity contribution in [1.82, 2.24) is 5.32 Å². The summed E-state index contributed by atoms with van der Waals surface area (Å²) in [5.74, 6) is -0.286. The van der Waals surface area contributed by atoms with E-state index in [2.05, 4.69) is 5.32 Å². The van der Waals surface area contributed by atoms with Crippen LogP contribution in [-0.2, 0) is 22.5 Å². The average Bonchev–Trinajstić information content (AvgIpc) is 2.65. The summed E-state index contributed by atoms with van der Waals surface area (Å²) < 4.78 is 20.3. The molecule has 2 aromatic rings. The third-order valence-electron chi connectivity index (χ3n) is 4.75. The van der Waals surface area contributed by atoms with Crippen molar-refractivity contribution in [1.29, 1.82) is 0 Å². The van der Waals surface area contributed by atoms with Crippen molar-refractivity contribution >= 4 is 11.6 Å². The number of amides is 1. The molecule has 3 rings (SSSR count). The lowest BCUT2D eigenvalue weighted by atomic mass is 10.1. The zero-order chi connectivity index (χ0) is 19.2. The Morgan fingerprint density at radius 2 is 1.81 bits per heavy atom. The Morgan fingerprint density at radius 3 is 2.48 bits per heavy atom. The monoisotopic (exact) mass is 370 g/mol. The molecular formula is C22H27FN2O2. The van der Waals surface area contributed by atoms with Crippen LogP contribution in [-0.4, -0.2) is 31.2 Å². The van der Waals surface area contributed by atoms with E-state index in [9.17, 15) is 9.18 Å². The molecule has 1 fully saturated rings. The number of carbonyl (C=O) groups excluding carboxylic acids is 1. The van der Waals surface area contributed by atoms with Gasteiger partial charge in [0.05, 0.1) is 17.9 Å². The fourth-order valence-corrected chi connectivity index (χ4v) is 3.48. The maximum absolute atomic E-state index is 14.6. The first-order chi connectivity index (χ1) is 13.0. The molecule has 1 aliphatic heterocycles. The summed E-state index contributed by atoms with van der Waals surface area (Å²) in [6.45, 7) is 5.69. The predicted octanol–water partition coefficient (Wildman–Crippen LogP) is 3.69. The standard InChI is InChI=1S/C22H27FN2O2/c1-16-14-25(15-17(2)27-16)21-10-8-19(12-20(21)23)13-24-22(26)11-9-18-6-4-3-5-7-18/h3-8,10,12,16-17H,9,11,13-15H2,1-2H3,(H,24,26)/t16-,17-/m0/s1. The number of ether oxygens (including phenoxy) is 1. The van der Waals surface area contributed by atoms with Gasteiger partial charge in [0.2, 0.25) is 5.91 Å². The van der Waals surface area contributed by atoms with E-state index in [-0.39, 0.29) is 23.9 Å². The van der Waals surface area contributed by atoms with Crippen LogP contribution < -0.4 is 10.2 Å². The predicted molar refractivity (Wildman–Crippen MR) is 105 cm³/mol. The molecule has 1 amide bonds. The molecular weight excluding hydrogens is 343 g/mol. The quantitative estimate of drug-likeness (QED) is 0.843. The van der Waals surface area contributed by atoms with Crippen LogP contribution in [0, 0.1) is 5.82 Å². The Bertz CT molecular complexity index is 756. The van der Waals surface area contributed by atoms with E-state index >= 15 is 0 Å². The lowest BCUT2D eigenvalue weighted by molar-refractivity contribution is -0.121. The van der Waals surface area contributed by atoms with Gasteiger partial charge in [-0.25, -0.2) is 4.39 Å². The second kappa shape index (κ2) is 9.00. The molecule has 144 valence electrons. The van der Waals surface area contributed by atoms with Crippen LogP contribution >= 0.6 is 0 Å². The molecule has 27 heavy (non-hydrogen) atoms. The van der Waals surface area contributed by atoms with E-state index in [4.69, 9.17) is 4.74 Å². The van der Waals surface area contributed by atoms with Crippen LogP contribution in [0.4, 0.5) is 10.1 Å². The maximum atomic E-state index is 14.6. The van der Waals surface area contributed by atoms with E-state index in [1.165, 1.54) is 6.07 Å². The van der Waals surface area contributed by atoms with Gasteiger partial charge in [-0.2, -0.15) is 0 Å². The summed E-state index contributed by atoms with van der Waals surface area (Å²) in [5, 5.41) is 2.87. The Kier molecular flexibility index (Phi) is 6.45. The SMILES string of the molecule is C[C@H]1CN(c2ccc(CNC(=O)CCc3ccccc3)cc2F)C[C@H](C)O1. The third kappa shape index (κ3) is 5.54. The molecule has 2 atom stereocenters. The molecule has 4 nitrogen and oxygen atoms in total. The smallest absolute Gasteiger partial charge is 0.220 e. The van der Waals surface area contributed by atoms with Crippen molar-refractivity contribution in [3.63, 3.8) is 0 Å². The Hall–Kier alpha value is -2.40. The fraction of sp³-hybridized carbons (Fsp3) is 0.409. The van der Waals surface area contributed by atoms with Gasteiger partial charge >= 0.3 is 0 Å². The number of benzene rings is 2. The molecule has 2 aromatic carbocycles. The van der Waals surface area contributed by atoms with Crippen molar-refractivity contribution in [2.75, 3.05) is 18.0 Å². The van der Waals surface area contributed by atoms with Gasteiger partial charge in [-0.1, -0.05) is 36.4 Å². The first kappa shape index (κ1) is 19.4. The number of halogens is 1. The topological polar surface area (TPSA) is 41.6 Å². The average molecular weight is 370 g/mol. The van der Waals surface area contributed by atoms with E-state index in [0.29, 0.717) is 38.2 Å². The Labute approximate surface area is 160 Å². The summed E-state index contributed by atoms with van der Waals surface area (Å²) in [4.78, 5) is 14.1. The van der Waals surface area contributed by atoms with Crippen molar-refractivity contribution < 1.29 is 13.9 Å². The largest absolute Gasteiger partial charge is 0.372 e. The second-order valence-corrected chi connectivity index (χ2v) is 7.21. The highest BCUT2D eigenvalue weighted by Gasteiger charge is 2.24. The van der Waals surface area contributed by atoms with Crippen LogP contribution in [0.3, 0.4) is 0 Å². The number of morpholine rings is 1. The lowest BCUT2D eigenvalue weighted by Gasteiger charge is -2.37. The van der Waals surface area contributed by atoms with E-state index in [0.717, 1.165) is 11.1 Å². The summed E-state index contributed by atoms with van der Waals surface area (Å²) in [6.07, 6.45) is 1.29. The normalized spacial score (nSPS) is 19.7. The first-order valence-corrected chi connectivity index (χ1v) is 9.50. The third-order valence-corrected chi connectivity index (χ3v) is 4.75. The van der Waals surface area contributed by atoms with Gasteiger partial charge in [-0.3, -0.25) is 4.79 Å². The highest BCUT2D eigenvalue weighted by atomic mass is 19.1. The van der Waals surface area contributed by atoms with Crippen molar-refractivity contribution in [2.24, 2.45) is 0 Å². The van der Waals surface area contributed by atoms with Gasteiger partial charge in [0.25, 0.3) is 0 Å². The van der Waals surface area contributed by atoms with Gasteiger partial charge in [-0.05, 0) is 43.5 Å². The number of carbonyl (C=O) groups is 1. The number of nitrogens with zero attached hydrogens (tertiary/aromatic N) is 1. The van der Waals surface area contributed by atoms with E-state index in [1.807, 2.05) is 55.1 Å². The van der Waals surface area contributed by atoms with Crippen molar-refractivity contribution in [3.8, 4) is 0 Å². The molecule has 0 aromatic heterocycles. The molecule has 1 heterocycles. The van der Waals surface area contributed by atoms with Crippen LogP contribution in [0.15, 0.2) is 48.5 Å². The molecule has 1 N–H and O–H groups in total. The summed E-state index contributed by atoms with van der Waals surface area (Å²) in [5.41, 5.74) is 2.49. The number of hydrogen-bond acceptors (Lipinski definition) is 3. The fourth-order valence-electron chi connectivity index (χ4n) is 3.48. The molecule has 0 spiro atoms. The molecule has 0 aliphatic carbocycles. The summed E-state index contributed by atoms with van der Waals surface area (Å²) >= 11 is 0. The molecule has 5 heteroatoms. The van der Waals surface area contributed by atoms with Crippen LogP contribution in [0.5, 0.6) is 0 Å². The number of rotatable bonds is 6. The minimum Gasteiger partial charge on any atom is -0.372 e. The van der Waals surface area contributed by atoms with Gasteiger partial charge < -0.3 is 15.0 Å². The van der Waals surface area contributed by atoms with Crippen molar-refractivity contribution in [2.45, 2.75) is 45.4 Å². The van der Waals surface area contributed by atoms with E-state index in [1.54, 1.807) is 6.07 Å². The van der Waals surface area contributed by atoms with Crippen LogP contribution in [0.1, 0.15) is 31.4 Å². The molecule has 1 saturated heterocycles. The van der Waals surface area contributed by atoms with Gasteiger partial charge in [-0.15, -0.1) is 0 Å². The van der Waals surface area contributed by atoms with Crippen molar-refractivity contribution in [3.05, 3.63) is 65.5 Å². The first-order valence-electron chi connectivity index (χ1n) is 9.50. The van der Waals surface area contributed by atoms with Crippen LogP contribution in [0.25, 0.3) is 0 Å². The number of hydrogen-bond donors (Lipinski definition) is 1. The minimum atomic E-state index is -0.257. The van der Waals surface area contributed by atoms with Gasteiger partial charge in [0.15, 0.2) is 0 Å². The molecule has 0 bridgehead atoms. The molecule has 0 radical (unpaired) electrons. The van der Waals surface area contributed by atoms with Crippen LogP contribution in [0.2, 0.25) is 0 Å². The van der Waals surface area contributed by atoms with E-state index < -0.39 is 0 Å². The molecule has 0 saturated carbocycles. The number of nitrogens with one attached hydrogen (secondary N) is 1. The number of aryl methyl sites for hydroxylation is 1. The summed E-state index contributed by atoms with van der Waals surface area (Å²) in [7, 11) is 0. The number of anilines is 1. The zero-order valence-corrected chi connectivity index (χ0v) is 16.0. The molecule has 1 aliphatic rings. The highest BCUT2D eigenvalue weighted by molar-refractivity contribution is 5.76.